The number of rotatable bonds is 3. The van der Waals surface area contributed by atoms with Gasteiger partial charge in [-0.1, -0.05) is 0 Å². The minimum atomic E-state index is -1.08. The number of aromatic carboxylic acids is 1. The Balaban J connectivity index is 2.25. The van der Waals surface area contributed by atoms with Crippen molar-refractivity contribution in [3.05, 3.63) is 52.4 Å². The summed E-state index contributed by atoms with van der Waals surface area (Å²) in [5.41, 5.74) is 0.0533. The van der Waals surface area contributed by atoms with Crippen LogP contribution in [-0.2, 0) is 0 Å². The van der Waals surface area contributed by atoms with E-state index in [0.717, 1.165) is 0 Å². The molecule has 0 atom stereocenters. The zero-order valence-electron chi connectivity index (χ0n) is 8.93. The predicted octanol–water partition coefficient (Wildman–Crippen LogP) is 3.47. The Morgan fingerprint density at radius 1 is 1.33 bits per heavy atom. The van der Waals surface area contributed by atoms with Gasteiger partial charge in [0, 0.05) is 18.3 Å². The fraction of sp³-hybridized carbons (Fsp3) is 0. The smallest absolute Gasteiger partial charge is 0.335 e. The van der Waals surface area contributed by atoms with E-state index in [4.69, 9.17) is 9.84 Å². The molecule has 0 aliphatic carbocycles. The van der Waals surface area contributed by atoms with Crippen LogP contribution in [0.3, 0.4) is 0 Å². The van der Waals surface area contributed by atoms with Gasteiger partial charge in [-0.05, 0) is 34.1 Å². The second-order valence-electron chi connectivity index (χ2n) is 3.37. The molecule has 0 aliphatic heterocycles. The van der Waals surface area contributed by atoms with Crippen molar-refractivity contribution in [1.82, 2.24) is 4.98 Å². The molecule has 0 saturated heterocycles. The van der Waals surface area contributed by atoms with E-state index in [9.17, 15) is 9.18 Å². The first-order chi connectivity index (χ1) is 8.56. The number of benzene rings is 1. The summed E-state index contributed by atoms with van der Waals surface area (Å²) in [6.45, 7) is 0. The number of pyridine rings is 1. The van der Waals surface area contributed by atoms with Gasteiger partial charge in [-0.3, -0.25) is 0 Å². The molecule has 0 fully saturated rings. The highest BCUT2D eigenvalue weighted by atomic mass is 79.9. The highest BCUT2D eigenvalue weighted by Gasteiger charge is 2.07. The Kier molecular flexibility index (Phi) is 3.57. The first kappa shape index (κ1) is 12.5. The first-order valence-electron chi connectivity index (χ1n) is 4.88. The van der Waals surface area contributed by atoms with Crippen molar-refractivity contribution < 1.29 is 19.0 Å². The lowest BCUT2D eigenvalue weighted by molar-refractivity contribution is 0.0696. The summed E-state index contributed by atoms with van der Waals surface area (Å²) >= 11 is 3.02. The summed E-state index contributed by atoms with van der Waals surface area (Å²) in [7, 11) is 0. The molecule has 6 heteroatoms. The molecule has 0 aliphatic rings. The van der Waals surface area contributed by atoms with Crippen molar-refractivity contribution in [3.63, 3.8) is 0 Å². The molecule has 1 N–H and O–H groups in total. The zero-order valence-corrected chi connectivity index (χ0v) is 10.5. The number of halogens is 2. The first-order valence-corrected chi connectivity index (χ1v) is 5.68. The molecule has 1 heterocycles. The van der Waals surface area contributed by atoms with E-state index in [1.54, 1.807) is 6.07 Å². The van der Waals surface area contributed by atoms with Crippen LogP contribution in [0, 0.1) is 5.82 Å². The standard InChI is InChI=1S/C12H7BrFNO3/c13-9-2-1-8(6-10(9)14)18-11-5-7(12(16)17)3-4-15-11/h1-6H,(H,16,17). The van der Waals surface area contributed by atoms with Gasteiger partial charge in [-0.25, -0.2) is 14.2 Å². The van der Waals surface area contributed by atoms with Gasteiger partial charge < -0.3 is 9.84 Å². The number of hydrogen-bond donors (Lipinski definition) is 1. The summed E-state index contributed by atoms with van der Waals surface area (Å²) in [4.78, 5) is 14.6. The number of carboxylic acid groups (broad SMARTS) is 1. The lowest BCUT2D eigenvalue weighted by Gasteiger charge is -2.05. The Morgan fingerprint density at radius 3 is 2.78 bits per heavy atom. The lowest BCUT2D eigenvalue weighted by atomic mass is 10.3. The van der Waals surface area contributed by atoms with E-state index in [1.807, 2.05) is 0 Å². The normalized spacial score (nSPS) is 10.1. The molecular formula is C12H7BrFNO3. The van der Waals surface area contributed by atoms with Crippen LogP contribution < -0.4 is 4.74 Å². The van der Waals surface area contributed by atoms with Crippen LogP contribution in [0.5, 0.6) is 11.6 Å². The number of aromatic nitrogens is 1. The third-order valence-corrected chi connectivity index (χ3v) is 2.74. The van der Waals surface area contributed by atoms with Gasteiger partial charge in [0.25, 0.3) is 0 Å². The summed E-state index contributed by atoms with van der Waals surface area (Å²) in [6.07, 6.45) is 1.31. The SMILES string of the molecule is O=C(O)c1ccnc(Oc2ccc(Br)c(F)c2)c1. The molecule has 1 aromatic heterocycles. The number of hydrogen-bond acceptors (Lipinski definition) is 3. The van der Waals surface area contributed by atoms with Crippen molar-refractivity contribution in [1.29, 1.82) is 0 Å². The molecule has 4 nitrogen and oxygen atoms in total. The highest BCUT2D eigenvalue weighted by Crippen LogP contribution is 2.24. The minimum Gasteiger partial charge on any atom is -0.478 e. The summed E-state index contributed by atoms with van der Waals surface area (Å²) in [6, 6.07) is 6.83. The highest BCUT2D eigenvalue weighted by molar-refractivity contribution is 9.10. The quantitative estimate of drug-likeness (QED) is 0.943. The Bertz CT molecular complexity index is 604. The van der Waals surface area contributed by atoms with Gasteiger partial charge in [0.15, 0.2) is 0 Å². The van der Waals surface area contributed by atoms with Crippen molar-refractivity contribution >= 4 is 21.9 Å². The van der Waals surface area contributed by atoms with Crippen molar-refractivity contribution in [2.75, 3.05) is 0 Å². The van der Waals surface area contributed by atoms with Crippen LogP contribution in [0.1, 0.15) is 10.4 Å². The minimum absolute atomic E-state index is 0.0533. The van der Waals surface area contributed by atoms with E-state index in [2.05, 4.69) is 20.9 Å². The van der Waals surface area contributed by atoms with Crippen LogP contribution >= 0.6 is 15.9 Å². The molecule has 0 saturated carbocycles. The molecule has 0 amide bonds. The van der Waals surface area contributed by atoms with Crippen LogP contribution in [0.25, 0.3) is 0 Å². The van der Waals surface area contributed by atoms with Gasteiger partial charge in [0.2, 0.25) is 5.88 Å². The van der Waals surface area contributed by atoms with E-state index in [-0.39, 0.29) is 17.2 Å². The Hall–Kier alpha value is -1.95. The van der Waals surface area contributed by atoms with Gasteiger partial charge in [-0.2, -0.15) is 0 Å². The van der Waals surface area contributed by atoms with E-state index in [1.165, 1.54) is 30.5 Å². The largest absolute Gasteiger partial charge is 0.478 e. The zero-order chi connectivity index (χ0) is 13.1. The lowest BCUT2D eigenvalue weighted by Crippen LogP contribution is -1.97. The van der Waals surface area contributed by atoms with Crippen molar-refractivity contribution in [2.24, 2.45) is 0 Å². The maximum atomic E-state index is 13.2. The second kappa shape index (κ2) is 5.14. The Labute approximate surface area is 110 Å². The van der Waals surface area contributed by atoms with Crippen LogP contribution in [0.2, 0.25) is 0 Å². The third-order valence-electron chi connectivity index (χ3n) is 2.10. The molecule has 0 radical (unpaired) electrons. The van der Waals surface area contributed by atoms with Crippen LogP contribution in [0.15, 0.2) is 41.0 Å². The van der Waals surface area contributed by atoms with Gasteiger partial charge in [0.05, 0.1) is 10.0 Å². The van der Waals surface area contributed by atoms with E-state index >= 15 is 0 Å². The van der Waals surface area contributed by atoms with Gasteiger partial charge >= 0.3 is 5.97 Å². The molecule has 0 bridgehead atoms. The molecule has 2 aromatic rings. The fourth-order valence-corrected chi connectivity index (χ4v) is 1.51. The molecule has 2 rings (SSSR count). The molecule has 18 heavy (non-hydrogen) atoms. The number of carbonyl (C=O) groups is 1. The second-order valence-corrected chi connectivity index (χ2v) is 4.22. The Morgan fingerprint density at radius 2 is 2.11 bits per heavy atom. The maximum absolute atomic E-state index is 13.2. The topological polar surface area (TPSA) is 59.4 Å². The molecule has 0 unspecified atom stereocenters. The van der Waals surface area contributed by atoms with Gasteiger partial charge in [0.1, 0.15) is 11.6 Å². The van der Waals surface area contributed by atoms with Crippen molar-refractivity contribution in [2.45, 2.75) is 0 Å². The summed E-state index contributed by atoms with van der Waals surface area (Å²) in [5.74, 6) is -1.21. The fourth-order valence-electron chi connectivity index (χ4n) is 1.26. The average Bonchev–Trinajstić information content (AvgIpc) is 2.34. The molecular weight excluding hydrogens is 305 g/mol. The van der Waals surface area contributed by atoms with Crippen LogP contribution in [0.4, 0.5) is 4.39 Å². The molecule has 1 aromatic carbocycles. The summed E-state index contributed by atoms with van der Waals surface area (Å²) < 4.78 is 18.8. The third kappa shape index (κ3) is 2.84. The van der Waals surface area contributed by atoms with E-state index < -0.39 is 11.8 Å². The average molecular weight is 312 g/mol. The van der Waals surface area contributed by atoms with Gasteiger partial charge in [-0.15, -0.1) is 0 Å². The summed E-state index contributed by atoms with van der Waals surface area (Å²) in [5, 5.41) is 8.81. The number of nitrogens with zero attached hydrogens (tertiary/aromatic N) is 1. The van der Waals surface area contributed by atoms with Crippen LogP contribution in [-0.4, -0.2) is 16.1 Å². The molecule has 0 spiro atoms. The molecule has 92 valence electrons. The van der Waals surface area contributed by atoms with E-state index in [0.29, 0.717) is 4.47 Å². The van der Waals surface area contributed by atoms with Crippen molar-refractivity contribution in [3.8, 4) is 11.6 Å². The number of carboxylic acids is 1. The maximum Gasteiger partial charge on any atom is 0.335 e. The monoisotopic (exact) mass is 311 g/mol. The number of ether oxygens (including phenoxy) is 1. The predicted molar refractivity (Wildman–Crippen MR) is 65.4 cm³/mol.